The van der Waals surface area contributed by atoms with Crippen LogP contribution in [-0.4, -0.2) is 53.7 Å². The summed E-state index contributed by atoms with van der Waals surface area (Å²) < 4.78 is 28.2. The lowest BCUT2D eigenvalue weighted by molar-refractivity contribution is 0.415. The van der Waals surface area contributed by atoms with E-state index >= 15 is 0 Å². The number of primary sulfonamides is 1. The number of sulfonamides is 1. The number of nitrogens with one attached hydrogen (secondary N) is 2. The van der Waals surface area contributed by atoms with Crippen molar-refractivity contribution in [1.82, 2.24) is 10.6 Å². The first-order valence-electron chi connectivity index (χ1n) is 10.4. The molecule has 0 aliphatic carbocycles. The molecule has 9 heteroatoms. The molecule has 0 amide bonds. The quantitative estimate of drug-likeness (QED) is 0.422. The number of rotatable bonds is 8. The highest BCUT2D eigenvalue weighted by Gasteiger charge is 2.25. The van der Waals surface area contributed by atoms with Crippen LogP contribution in [0.3, 0.4) is 0 Å². The molecule has 0 radical (unpaired) electrons. The van der Waals surface area contributed by atoms with Gasteiger partial charge in [0.25, 0.3) is 0 Å². The third-order valence-corrected chi connectivity index (χ3v) is 6.15. The standard InChI is InChI=1S/C22H31N5O3S/c1-3-24-22(25-14-12-17-8-10-19(11-9-17)31(23,28)29)26-18-13-15-27(16-18)20-6-4-5-7-21(20)30-2/h4-11,18H,3,12-16H2,1-2H3,(H2,23,28,29)(H2,24,25,26). The van der Waals surface area contributed by atoms with E-state index in [2.05, 4.69) is 26.6 Å². The summed E-state index contributed by atoms with van der Waals surface area (Å²) >= 11 is 0. The molecule has 8 nitrogen and oxygen atoms in total. The van der Waals surface area contributed by atoms with Gasteiger partial charge in [0.15, 0.2) is 5.96 Å². The van der Waals surface area contributed by atoms with Crippen LogP contribution in [0.2, 0.25) is 0 Å². The number of benzene rings is 2. The molecule has 1 heterocycles. The van der Waals surface area contributed by atoms with Crippen LogP contribution in [0.1, 0.15) is 18.9 Å². The van der Waals surface area contributed by atoms with Gasteiger partial charge in [-0.05, 0) is 49.6 Å². The van der Waals surface area contributed by atoms with E-state index in [0.717, 1.165) is 49.0 Å². The molecule has 4 N–H and O–H groups in total. The number of methoxy groups -OCH3 is 1. The predicted molar refractivity (Wildman–Crippen MR) is 124 cm³/mol. The number of hydrogen-bond acceptors (Lipinski definition) is 5. The van der Waals surface area contributed by atoms with E-state index < -0.39 is 10.0 Å². The second-order valence-corrected chi connectivity index (χ2v) is 9.01. The third kappa shape index (κ3) is 6.35. The van der Waals surface area contributed by atoms with Gasteiger partial charge in [0.2, 0.25) is 10.0 Å². The van der Waals surface area contributed by atoms with Crippen molar-refractivity contribution in [3.8, 4) is 5.75 Å². The monoisotopic (exact) mass is 445 g/mol. The van der Waals surface area contributed by atoms with Gasteiger partial charge in [0.1, 0.15) is 5.75 Å². The van der Waals surface area contributed by atoms with Gasteiger partial charge in [-0.2, -0.15) is 0 Å². The maximum absolute atomic E-state index is 11.4. The molecule has 168 valence electrons. The van der Waals surface area contributed by atoms with E-state index in [4.69, 9.17) is 9.88 Å². The highest BCUT2D eigenvalue weighted by atomic mass is 32.2. The Balaban J connectivity index is 1.56. The van der Waals surface area contributed by atoms with Crippen LogP contribution in [0.25, 0.3) is 0 Å². The van der Waals surface area contributed by atoms with E-state index in [1.165, 1.54) is 12.1 Å². The van der Waals surface area contributed by atoms with E-state index in [-0.39, 0.29) is 10.9 Å². The first-order valence-corrected chi connectivity index (χ1v) is 12.0. The second kappa shape index (κ2) is 10.5. The number of ether oxygens (including phenoxy) is 1. The van der Waals surface area contributed by atoms with Crippen molar-refractivity contribution in [2.75, 3.05) is 38.2 Å². The fraction of sp³-hybridized carbons (Fsp3) is 0.409. The Morgan fingerprint density at radius 3 is 2.65 bits per heavy atom. The van der Waals surface area contributed by atoms with Crippen LogP contribution in [0.15, 0.2) is 58.4 Å². The molecule has 31 heavy (non-hydrogen) atoms. The van der Waals surface area contributed by atoms with E-state index in [1.54, 1.807) is 19.2 Å². The molecule has 1 aliphatic heterocycles. The summed E-state index contributed by atoms with van der Waals surface area (Å²) in [6, 6.07) is 15.0. The predicted octanol–water partition coefficient (Wildman–Crippen LogP) is 1.72. The van der Waals surface area contributed by atoms with E-state index in [1.807, 2.05) is 25.1 Å². The molecule has 1 aliphatic rings. The van der Waals surface area contributed by atoms with Crippen molar-refractivity contribution in [3.05, 3.63) is 54.1 Å². The van der Waals surface area contributed by atoms with Gasteiger partial charge >= 0.3 is 0 Å². The van der Waals surface area contributed by atoms with Gasteiger partial charge in [-0.1, -0.05) is 24.3 Å². The SMILES string of the molecule is CCNC(=NCCc1ccc(S(N)(=O)=O)cc1)NC1CCN(c2ccccc2OC)C1. The average molecular weight is 446 g/mol. The molecule has 1 atom stereocenters. The lowest BCUT2D eigenvalue weighted by Crippen LogP contribution is -2.44. The molecule has 3 rings (SSSR count). The van der Waals surface area contributed by atoms with Crippen molar-refractivity contribution in [2.24, 2.45) is 10.1 Å². The van der Waals surface area contributed by atoms with Gasteiger partial charge in [-0.15, -0.1) is 0 Å². The average Bonchev–Trinajstić information content (AvgIpc) is 3.22. The van der Waals surface area contributed by atoms with Crippen molar-refractivity contribution in [2.45, 2.75) is 30.7 Å². The van der Waals surface area contributed by atoms with Crippen LogP contribution in [-0.2, 0) is 16.4 Å². The van der Waals surface area contributed by atoms with Gasteiger partial charge < -0.3 is 20.3 Å². The van der Waals surface area contributed by atoms with Crippen LogP contribution >= 0.6 is 0 Å². The summed E-state index contributed by atoms with van der Waals surface area (Å²) in [5.41, 5.74) is 2.12. The first kappa shape index (κ1) is 22.9. The molecular formula is C22H31N5O3S. The highest BCUT2D eigenvalue weighted by molar-refractivity contribution is 7.89. The lowest BCUT2D eigenvalue weighted by atomic mass is 10.1. The molecule has 0 spiro atoms. The molecule has 0 saturated carbocycles. The Morgan fingerprint density at radius 2 is 1.97 bits per heavy atom. The number of anilines is 1. The summed E-state index contributed by atoms with van der Waals surface area (Å²) in [6.07, 6.45) is 1.72. The zero-order valence-corrected chi connectivity index (χ0v) is 18.9. The number of guanidine groups is 1. The smallest absolute Gasteiger partial charge is 0.238 e. The molecule has 0 aromatic heterocycles. The van der Waals surface area contributed by atoms with Crippen LogP contribution in [0, 0.1) is 0 Å². The molecule has 1 unspecified atom stereocenters. The zero-order chi connectivity index (χ0) is 22.3. The molecule has 2 aromatic carbocycles. The Bertz CT molecular complexity index is 992. The number of para-hydroxylation sites is 2. The normalized spacial score (nSPS) is 16.9. The largest absolute Gasteiger partial charge is 0.495 e. The van der Waals surface area contributed by atoms with Gasteiger partial charge in [0.05, 0.1) is 17.7 Å². The molecule has 1 saturated heterocycles. The Morgan fingerprint density at radius 1 is 1.23 bits per heavy atom. The van der Waals surface area contributed by atoms with Crippen LogP contribution in [0.5, 0.6) is 5.75 Å². The maximum Gasteiger partial charge on any atom is 0.238 e. The lowest BCUT2D eigenvalue weighted by Gasteiger charge is -2.22. The first-order chi connectivity index (χ1) is 14.9. The van der Waals surface area contributed by atoms with Gasteiger partial charge in [0, 0.05) is 32.2 Å². The van der Waals surface area contributed by atoms with Crippen LogP contribution < -0.4 is 25.4 Å². The maximum atomic E-state index is 11.4. The Labute approximate surface area is 184 Å². The number of nitrogens with zero attached hydrogens (tertiary/aromatic N) is 2. The number of aliphatic imine (C=N–C) groups is 1. The minimum atomic E-state index is -3.66. The van der Waals surface area contributed by atoms with Crippen molar-refractivity contribution < 1.29 is 13.2 Å². The van der Waals surface area contributed by atoms with Crippen molar-refractivity contribution >= 4 is 21.7 Å². The second-order valence-electron chi connectivity index (χ2n) is 7.45. The minimum absolute atomic E-state index is 0.121. The van der Waals surface area contributed by atoms with Crippen molar-refractivity contribution in [3.63, 3.8) is 0 Å². The summed E-state index contributed by atoms with van der Waals surface area (Å²) in [7, 11) is -1.97. The van der Waals surface area contributed by atoms with Crippen molar-refractivity contribution in [1.29, 1.82) is 0 Å². The summed E-state index contributed by atoms with van der Waals surface area (Å²) in [5.74, 6) is 1.67. The van der Waals surface area contributed by atoms with Gasteiger partial charge in [-0.3, -0.25) is 4.99 Å². The highest BCUT2D eigenvalue weighted by Crippen LogP contribution is 2.30. The summed E-state index contributed by atoms with van der Waals surface area (Å²) in [6.45, 7) is 5.23. The minimum Gasteiger partial charge on any atom is -0.495 e. The number of nitrogens with two attached hydrogens (primary N) is 1. The molecule has 0 bridgehead atoms. The fourth-order valence-electron chi connectivity index (χ4n) is 3.64. The third-order valence-electron chi connectivity index (χ3n) is 5.22. The van der Waals surface area contributed by atoms with Crippen LogP contribution in [0.4, 0.5) is 5.69 Å². The Hall–Kier alpha value is -2.78. The zero-order valence-electron chi connectivity index (χ0n) is 18.0. The summed E-state index contributed by atoms with van der Waals surface area (Å²) in [5, 5.41) is 12.0. The molecular weight excluding hydrogens is 414 g/mol. The Kier molecular flexibility index (Phi) is 7.75. The molecule has 2 aromatic rings. The topological polar surface area (TPSA) is 109 Å². The van der Waals surface area contributed by atoms with E-state index in [9.17, 15) is 8.42 Å². The van der Waals surface area contributed by atoms with E-state index in [0.29, 0.717) is 13.0 Å². The number of hydrogen-bond donors (Lipinski definition) is 3. The summed E-state index contributed by atoms with van der Waals surface area (Å²) in [4.78, 5) is 7.13. The fourth-order valence-corrected chi connectivity index (χ4v) is 4.16. The molecule has 1 fully saturated rings. The van der Waals surface area contributed by atoms with Gasteiger partial charge in [-0.25, -0.2) is 13.6 Å².